The summed E-state index contributed by atoms with van der Waals surface area (Å²) in [7, 11) is 0. The fourth-order valence-corrected chi connectivity index (χ4v) is 1.88. The molecule has 0 aromatic heterocycles. The SMILES string of the molecule is NCc1ccc(Oc2ccc(F)cc2Cl)c(Cl)c1. The molecule has 2 N–H and O–H groups in total. The molecule has 0 radical (unpaired) electrons. The van der Waals surface area contributed by atoms with Crippen molar-refractivity contribution in [1.82, 2.24) is 0 Å². The third kappa shape index (κ3) is 2.93. The molecule has 0 aliphatic rings. The molecule has 0 aliphatic heterocycles. The van der Waals surface area contributed by atoms with Gasteiger partial charge in [-0.15, -0.1) is 0 Å². The predicted molar refractivity (Wildman–Crippen MR) is 70.8 cm³/mol. The normalized spacial score (nSPS) is 10.4. The summed E-state index contributed by atoms with van der Waals surface area (Å²) in [6.07, 6.45) is 0. The number of hydrogen-bond acceptors (Lipinski definition) is 2. The lowest BCUT2D eigenvalue weighted by atomic mass is 10.2. The van der Waals surface area contributed by atoms with Gasteiger partial charge in [0.1, 0.15) is 17.3 Å². The first-order valence-corrected chi connectivity index (χ1v) is 5.97. The molecule has 5 heteroatoms. The maximum Gasteiger partial charge on any atom is 0.146 e. The minimum Gasteiger partial charge on any atom is -0.454 e. The molecule has 0 saturated heterocycles. The number of halogens is 3. The van der Waals surface area contributed by atoms with Gasteiger partial charge < -0.3 is 10.5 Å². The third-order valence-corrected chi connectivity index (χ3v) is 2.94. The van der Waals surface area contributed by atoms with Gasteiger partial charge in [-0.3, -0.25) is 0 Å². The summed E-state index contributed by atoms with van der Waals surface area (Å²) >= 11 is 11.9. The first-order chi connectivity index (χ1) is 8.60. The van der Waals surface area contributed by atoms with E-state index in [2.05, 4.69) is 0 Å². The van der Waals surface area contributed by atoms with Crippen LogP contribution in [0.5, 0.6) is 11.5 Å². The van der Waals surface area contributed by atoms with Crippen LogP contribution in [0.15, 0.2) is 36.4 Å². The highest BCUT2D eigenvalue weighted by atomic mass is 35.5. The third-order valence-electron chi connectivity index (χ3n) is 2.35. The minimum atomic E-state index is -0.420. The van der Waals surface area contributed by atoms with Crippen molar-refractivity contribution >= 4 is 23.2 Å². The van der Waals surface area contributed by atoms with Crippen LogP contribution in [-0.2, 0) is 6.54 Å². The smallest absolute Gasteiger partial charge is 0.146 e. The van der Waals surface area contributed by atoms with Crippen molar-refractivity contribution in [3.8, 4) is 11.5 Å². The van der Waals surface area contributed by atoms with Crippen molar-refractivity contribution in [3.05, 3.63) is 57.8 Å². The number of hydrogen-bond donors (Lipinski definition) is 1. The Bertz CT molecular complexity index is 575. The molecule has 0 unspecified atom stereocenters. The zero-order valence-electron chi connectivity index (χ0n) is 9.29. The maximum atomic E-state index is 12.9. The van der Waals surface area contributed by atoms with Crippen LogP contribution in [0.1, 0.15) is 5.56 Å². The van der Waals surface area contributed by atoms with E-state index in [1.54, 1.807) is 18.2 Å². The van der Waals surface area contributed by atoms with Gasteiger partial charge in [-0.2, -0.15) is 0 Å². The minimum absolute atomic E-state index is 0.189. The topological polar surface area (TPSA) is 35.2 Å². The van der Waals surface area contributed by atoms with E-state index in [4.69, 9.17) is 33.7 Å². The van der Waals surface area contributed by atoms with Gasteiger partial charge in [-0.05, 0) is 35.9 Å². The number of benzene rings is 2. The van der Waals surface area contributed by atoms with Crippen molar-refractivity contribution in [1.29, 1.82) is 0 Å². The fraction of sp³-hybridized carbons (Fsp3) is 0.0769. The standard InChI is InChI=1S/C13H10Cl2FNO/c14-10-5-8(7-17)1-3-12(10)18-13-4-2-9(16)6-11(13)15/h1-6H,7,17H2. The Labute approximate surface area is 114 Å². The first kappa shape index (κ1) is 13.1. The molecule has 0 saturated carbocycles. The summed E-state index contributed by atoms with van der Waals surface area (Å²) in [4.78, 5) is 0. The Hall–Kier alpha value is -1.29. The van der Waals surface area contributed by atoms with Gasteiger partial charge in [0.05, 0.1) is 10.0 Å². The Morgan fingerprint density at radius 2 is 1.61 bits per heavy atom. The Morgan fingerprint density at radius 3 is 2.17 bits per heavy atom. The van der Waals surface area contributed by atoms with Crippen molar-refractivity contribution in [2.75, 3.05) is 0 Å². The second-order valence-corrected chi connectivity index (χ2v) is 4.46. The number of rotatable bonds is 3. The molecule has 94 valence electrons. The van der Waals surface area contributed by atoms with Gasteiger partial charge >= 0.3 is 0 Å². The fourth-order valence-electron chi connectivity index (χ4n) is 1.43. The predicted octanol–water partition coefficient (Wildman–Crippen LogP) is 4.38. The zero-order chi connectivity index (χ0) is 13.1. The van der Waals surface area contributed by atoms with Crippen molar-refractivity contribution in [3.63, 3.8) is 0 Å². The van der Waals surface area contributed by atoms with Crippen LogP contribution in [0.3, 0.4) is 0 Å². The molecule has 0 heterocycles. The molecular formula is C13H10Cl2FNO. The average molecular weight is 286 g/mol. The van der Waals surface area contributed by atoms with Crippen molar-refractivity contribution in [2.45, 2.75) is 6.54 Å². The van der Waals surface area contributed by atoms with Gasteiger partial charge in [0.15, 0.2) is 0 Å². The summed E-state index contributed by atoms with van der Waals surface area (Å²) in [6.45, 7) is 0.400. The van der Waals surface area contributed by atoms with E-state index in [1.807, 2.05) is 0 Å². The molecule has 2 rings (SSSR count). The molecule has 2 aromatic carbocycles. The van der Waals surface area contributed by atoms with Crippen molar-refractivity contribution in [2.24, 2.45) is 5.73 Å². The lowest BCUT2D eigenvalue weighted by molar-refractivity contribution is 0.481. The van der Waals surface area contributed by atoms with Gasteiger partial charge in [0.2, 0.25) is 0 Å². The van der Waals surface area contributed by atoms with Crippen LogP contribution in [-0.4, -0.2) is 0 Å². The van der Waals surface area contributed by atoms with E-state index in [-0.39, 0.29) is 5.02 Å². The van der Waals surface area contributed by atoms with E-state index in [0.29, 0.717) is 23.1 Å². The Morgan fingerprint density at radius 1 is 1.00 bits per heavy atom. The van der Waals surface area contributed by atoms with Crippen molar-refractivity contribution < 1.29 is 9.13 Å². The van der Waals surface area contributed by atoms with Gasteiger partial charge in [0.25, 0.3) is 0 Å². The Kier molecular flexibility index (Phi) is 4.07. The van der Waals surface area contributed by atoms with Crippen LogP contribution < -0.4 is 10.5 Å². The molecule has 0 fully saturated rings. The van der Waals surface area contributed by atoms with E-state index in [0.717, 1.165) is 5.56 Å². The molecule has 2 nitrogen and oxygen atoms in total. The summed E-state index contributed by atoms with van der Waals surface area (Å²) in [5, 5.41) is 0.618. The van der Waals surface area contributed by atoms with Gasteiger partial charge in [-0.25, -0.2) is 4.39 Å². The lowest BCUT2D eigenvalue weighted by Crippen LogP contribution is -1.96. The molecule has 18 heavy (non-hydrogen) atoms. The maximum absolute atomic E-state index is 12.9. The highest BCUT2D eigenvalue weighted by Crippen LogP contribution is 2.34. The van der Waals surface area contributed by atoms with Crippen LogP contribution in [0.4, 0.5) is 4.39 Å². The monoisotopic (exact) mass is 285 g/mol. The second-order valence-electron chi connectivity index (χ2n) is 3.65. The largest absolute Gasteiger partial charge is 0.454 e. The van der Waals surface area contributed by atoms with Crippen LogP contribution in [0.2, 0.25) is 10.0 Å². The molecule has 0 amide bonds. The number of nitrogens with two attached hydrogens (primary N) is 1. The molecule has 0 aliphatic carbocycles. The summed E-state index contributed by atoms with van der Waals surface area (Å²) in [5.74, 6) is 0.375. The second kappa shape index (κ2) is 5.57. The van der Waals surface area contributed by atoms with E-state index in [9.17, 15) is 4.39 Å². The summed E-state index contributed by atoms with van der Waals surface area (Å²) in [6, 6.07) is 9.12. The molecule has 2 aromatic rings. The molecule has 0 bridgehead atoms. The van der Waals surface area contributed by atoms with Crippen LogP contribution in [0.25, 0.3) is 0 Å². The van der Waals surface area contributed by atoms with E-state index >= 15 is 0 Å². The summed E-state index contributed by atoms with van der Waals surface area (Å²) < 4.78 is 18.4. The number of ether oxygens (including phenoxy) is 1. The summed E-state index contributed by atoms with van der Waals surface area (Å²) in [5.41, 5.74) is 6.40. The highest BCUT2D eigenvalue weighted by molar-refractivity contribution is 6.32. The first-order valence-electron chi connectivity index (χ1n) is 5.21. The molecule has 0 spiro atoms. The Balaban J connectivity index is 2.28. The molecule has 0 atom stereocenters. The van der Waals surface area contributed by atoms with Crippen LogP contribution >= 0.6 is 23.2 Å². The van der Waals surface area contributed by atoms with Crippen LogP contribution in [0, 0.1) is 5.82 Å². The molecular weight excluding hydrogens is 276 g/mol. The van der Waals surface area contributed by atoms with E-state index < -0.39 is 5.82 Å². The van der Waals surface area contributed by atoms with Gasteiger partial charge in [-0.1, -0.05) is 29.3 Å². The average Bonchev–Trinajstić information content (AvgIpc) is 2.34. The lowest BCUT2D eigenvalue weighted by Gasteiger charge is -2.10. The zero-order valence-corrected chi connectivity index (χ0v) is 10.8. The highest BCUT2D eigenvalue weighted by Gasteiger charge is 2.08. The quantitative estimate of drug-likeness (QED) is 0.908. The van der Waals surface area contributed by atoms with E-state index in [1.165, 1.54) is 18.2 Å². The van der Waals surface area contributed by atoms with Gasteiger partial charge in [0, 0.05) is 6.54 Å².